The van der Waals surface area contributed by atoms with Crippen molar-refractivity contribution >= 4 is 23.7 Å². The third-order valence-electron chi connectivity index (χ3n) is 5.13. The molecule has 2 saturated heterocycles. The first-order chi connectivity index (χ1) is 13.7. The molecule has 6 nitrogen and oxygen atoms in total. The molecule has 2 aliphatic heterocycles. The zero-order chi connectivity index (χ0) is 19.5. The largest absolute Gasteiger partial charge is 0.496 e. The van der Waals surface area contributed by atoms with Gasteiger partial charge in [-0.15, -0.1) is 0 Å². The van der Waals surface area contributed by atoms with Crippen LogP contribution in [0.1, 0.15) is 24.0 Å². The summed E-state index contributed by atoms with van der Waals surface area (Å²) in [6.45, 7) is 2.34. The van der Waals surface area contributed by atoms with Gasteiger partial charge in [0.15, 0.2) is 0 Å². The van der Waals surface area contributed by atoms with Gasteiger partial charge in [0.2, 0.25) is 0 Å². The number of imide groups is 1. The highest BCUT2D eigenvalue weighted by molar-refractivity contribution is 6.14. The third kappa shape index (κ3) is 3.58. The summed E-state index contributed by atoms with van der Waals surface area (Å²) >= 11 is 0. The second kappa shape index (κ2) is 7.76. The molecule has 2 heterocycles. The summed E-state index contributed by atoms with van der Waals surface area (Å²) in [5, 5.41) is 2.68. The fourth-order valence-electron chi connectivity index (χ4n) is 3.63. The van der Waals surface area contributed by atoms with Crippen molar-refractivity contribution in [1.82, 2.24) is 10.2 Å². The quantitative estimate of drug-likeness (QED) is 0.641. The number of amides is 3. The van der Waals surface area contributed by atoms with E-state index in [9.17, 15) is 9.59 Å². The van der Waals surface area contributed by atoms with E-state index in [4.69, 9.17) is 4.74 Å². The van der Waals surface area contributed by atoms with Gasteiger partial charge in [0.05, 0.1) is 13.7 Å². The molecule has 0 atom stereocenters. The smallest absolute Gasteiger partial charge is 0.329 e. The Balaban J connectivity index is 1.56. The summed E-state index contributed by atoms with van der Waals surface area (Å²) in [6.07, 6.45) is 4.08. The molecule has 144 valence electrons. The number of carbonyl (C=O) groups is 2. The van der Waals surface area contributed by atoms with E-state index < -0.39 is 6.03 Å². The van der Waals surface area contributed by atoms with Crippen LogP contribution >= 0.6 is 0 Å². The summed E-state index contributed by atoms with van der Waals surface area (Å²) in [6, 6.07) is 15.0. The highest BCUT2D eigenvalue weighted by Gasteiger charge is 2.33. The summed E-state index contributed by atoms with van der Waals surface area (Å²) < 4.78 is 5.53. The first kappa shape index (κ1) is 18.1. The number of methoxy groups -OCH3 is 1. The Hall–Kier alpha value is -3.28. The zero-order valence-corrected chi connectivity index (χ0v) is 15.9. The van der Waals surface area contributed by atoms with Crippen LogP contribution in [0.25, 0.3) is 6.08 Å². The SMILES string of the molecule is COc1cc(N2CCCC2)ccc1/C=C1\NC(=O)N(Cc2ccccc2)C1=O. The number of benzene rings is 2. The van der Waals surface area contributed by atoms with Gasteiger partial charge in [0.25, 0.3) is 5.91 Å². The van der Waals surface area contributed by atoms with Gasteiger partial charge in [0.1, 0.15) is 11.4 Å². The van der Waals surface area contributed by atoms with Crippen molar-refractivity contribution in [3.05, 3.63) is 65.4 Å². The van der Waals surface area contributed by atoms with Crippen molar-refractivity contribution in [1.29, 1.82) is 0 Å². The Labute approximate surface area is 164 Å². The molecule has 0 aliphatic carbocycles. The molecule has 0 aromatic heterocycles. The number of carbonyl (C=O) groups excluding carboxylic acids is 2. The predicted molar refractivity (Wildman–Crippen MR) is 108 cm³/mol. The van der Waals surface area contributed by atoms with E-state index in [1.807, 2.05) is 48.5 Å². The average molecular weight is 377 g/mol. The van der Waals surface area contributed by atoms with E-state index >= 15 is 0 Å². The van der Waals surface area contributed by atoms with E-state index in [0.29, 0.717) is 5.75 Å². The van der Waals surface area contributed by atoms with Crippen molar-refractivity contribution in [3.63, 3.8) is 0 Å². The van der Waals surface area contributed by atoms with Crippen molar-refractivity contribution in [2.45, 2.75) is 19.4 Å². The van der Waals surface area contributed by atoms with Crippen LogP contribution in [0, 0.1) is 0 Å². The molecule has 2 aromatic rings. The predicted octanol–water partition coefficient (Wildman–Crippen LogP) is 3.39. The number of hydrogen-bond donors (Lipinski definition) is 1. The second-order valence-corrected chi connectivity index (χ2v) is 6.99. The Kier molecular flexibility index (Phi) is 5.02. The Morgan fingerprint density at radius 1 is 1.07 bits per heavy atom. The normalized spacial score (nSPS) is 18.1. The number of urea groups is 1. The molecule has 0 saturated carbocycles. The molecule has 0 radical (unpaired) electrons. The molecule has 0 bridgehead atoms. The Bertz CT molecular complexity index is 918. The van der Waals surface area contributed by atoms with E-state index in [2.05, 4.69) is 10.2 Å². The van der Waals surface area contributed by atoms with E-state index in [1.165, 1.54) is 17.7 Å². The van der Waals surface area contributed by atoms with Gasteiger partial charge in [-0.25, -0.2) is 4.79 Å². The molecule has 6 heteroatoms. The minimum Gasteiger partial charge on any atom is -0.496 e. The molecule has 28 heavy (non-hydrogen) atoms. The maximum atomic E-state index is 12.7. The van der Waals surface area contributed by atoms with Gasteiger partial charge in [0, 0.05) is 30.4 Å². The van der Waals surface area contributed by atoms with Crippen LogP contribution < -0.4 is 15.0 Å². The number of ether oxygens (including phenoxy) is 1. The third-order valence-corrected chi connectivity index (χ3v) is 5.13. The lowest BCUT2D eigenvalue weighted by molar-refractivity contribution is -0.123. The fourth-order valence-corrected chi connectivity index (χ4v) is 3.63. The molecule has 2 aliphatic rings. The maximum absolute atomic E-state index is 12.7. The first-order valence-electron chi connectivity index (χ1n) is 9.47. The summed E-state index contributed by atoms with van der Waals surface area (Å²) in [4.78, 5) is 28.6. The first-order valence-corrected chi connectivity index (χ1v) is 9.47. The fraction of sp³-hybridized carbons (Fsp3) is 0.273. The summed E-state index contributed by atoms with van der Waals surface area (Å²) in [5.74, 6) is 0.347. The van der Waals surface area contributed by atoms with Crippen LogP contribution in [0.3, 0.4) is 0 Å². The maximum Gasteiger partial charge on any atom is 0.329 e. The molecule has 3 amide bonds. The Morgan fingerprint density at radius 2 is 1.82 bits per heavy atom. The van der Waals surface area contributed by atoms with Gasteiger partial charge in [-0.1, -0.05) is 30.3 Å². The molecular formula is C22H23N3O3. The minimum atomic E-state index is -0.409. The Morgan fingerprint density at radius 3 is 2.54 bits per heavy atom. The average Bonchev–Trinajstić information content (AvgIpc) is 3.34. The van der Waals surface area contributed by atoms with Crippen LogP contribution in [-0.4, -0.2) is 37.0 Å². The standard InChI is InChI=1S/C22H23N3O3/c1-28-20-14-18(24-11-5-6-12-24)10-9-17(20)13-19-21(26)25(22(27)23-19)15-16-7-3-2-4-8-16/h2-4,7-10,13-14H,5-6,11-12,15H2,1H3,(H,23,27)/b19-13-. The number of nitrogens with one attached hydrogen (secondary N) is 1. The van der Waals surface area contributed by atoms with Crippen LogP contribution in [0.5, 0.6) is 5.75 Å². The number of anilines is 1. The monoisotopic (exact) mass is 377 g/mol. The lowest BCUT2D eigenvalue weighted by Gasteiger charge is -2.19. The molecule has 0 unspecified atom stereocenters. The number of hydrogen-bond acceptors (Lipinski definition) is 4. The highest BCUT2D eigenvalue weighted by Crippen LogP contribution is 2.30. The van der Waals surface area contributed by atoms with Crippen molar-refractivity contribution in [2.24, 2.45) is 0 Å². The van der Waals surface area contributed by atoms with Crippen LogP contribution in [0.2, 0.25) is 0 Å². The second-order valence-electron chi connectivity index (χ2n) is 6.99. The molecule has 2 fully saturated rings. The van der Waals surface area contributed by atoms with Crippen molar-refractivity contribution < 1.29 is 14.3 Å². The van der Waals surface area contributed by atoms with Gasteiger partial charge in [-0.05, 0) is 36.6 Å². The van der Waals surface area contributed by atoms with Crippen molar-refractivity contribution in [3.8, 4) is 5.75 Å². The van der Waals surface area contributed by atoms with Crippen molar-refractivity contribution in [2.75, 3.05) is 25.1 Å². The zero-order valence-electron chi connectivity index (χ0n) is 15.9. The number of rotatable bonds is 5. The lowest BCUT2D eigenvalue weighted by atomic mass is 10.1. The lowest BCUT2D eigenvalue weighted by Crippen LogP contribution is -2.30. The highest BCUT2D eigenvalue weighted by atomic mass is 16.5. The van der Waals surface area contributed by atoms with Crippen LogP contribution in [-0.2, 0) is 11.3 Å². The van der Waals surface area contributed by atoms with Crippen LogP contribution in [0.15, 0.2) is 54.2 Å². The molecule has 4 rings (SSSR count). The molecule has 2 aromatic carbocycles. The topological polar surface area (TPSA) is 61.9 Å². The van der Waals surface area contributed by atoms with Gasteiger partial charge in [-0.2, -0.15) is 0 Å². The van der Waals surface area contributed by atoms with E-state index in [0.717, 1.165) is 29.9 Å². The number of nitrogens with zero attached hydrogens (tertiary/aromatic N) is 2. The molecule has 0 spiro atoms. The van der Waals surface area contributed by atoms with Crippen LogP contribution in [0.4, 0.5) is 10.5 Å². The van der Waals surface area contributed by atoms with E-state index in [1.54, 1.807) is 13.2 Å². The van der Waals surface area contributed by atoms with E-state index in [-0.39, 0.29) is 18.1 Å². The van der Waals surface area contributed by atoms with Gasteiger partial charge >= 0.3 is 6.03 Å². The summed E-state index contributed by atoms with van der Waals surface area (Å²) in [7, 11) is 1.61. The van der Waals surface area contributed by atoms with Gasteiger partial charge < -0.3 is 15.0 Å². The minimum absolute atomic E-state index is 0.244. The molecular weight excluding hydrogens is 354 g/mol. The van der Waals surface area contributed by atoms with Gasteiger partial charge in [-0.3, -0.25) is 9.69 Å². The molecule has 1 N–H and O–H groups in total. The summed E-state index contributed by atoms with van der Waals surface area (Å²) in [5.41, 5.74) is 3.03.